The standard InChI is InChI=1S/C24H24N4O4/c1-31-20-10-4-15(13-21(20)32-2)3-9-19(29)23(26)16-5-7-17(8-6-16)24(30)28-18-11-12-27-22(25)14-18/h3-14,23H,26H2,1-2H3,(H3,25,27,28,30). The summed E-state index contributed by atoms with van der Waals surface area (Å²) < 4.78 is 10.5. The largest absolute Gasteiger partial charge is 0.493 e. The summed E-state index contributed by atoms with van der Waals surface area (Å²) in [5.74, 6) is 0.891. The van der Waals surface area contributed by atoms with Crippen LogP contribution >= 0.6 is 0 Å². The van der Waals surface area contributed by atoms with Crippen molar-refractivity contribution in [1.29, 1.82) is 0 Å². The first-order chi connectivity index (χ1) is 15.4. The number of nitrogens with zero attached hydrogens (tertiary/aromatic N) is 1. The van der Waals surface area contributed by atoms with Crippen LogP contribution in [0.2, 0.25) is 0 Å². The predicted octanol–water partition coefficient (Wildman–Crippen LogP) is 3.22. The molecule has 0 saturated carbocycles. The molecule has 1 heterocycles. The molecule has 0 aliphatic rings. The Morgan fingerprint density at radius 3 is 2.38 bits per heavy atom. The van der Waals surface area contributed by atoms with E-state index in [1.54, 1.807) is 74.9 Å². The van der Waals surface area contributed by atoms with Gasteiger partial charge in [-0.2, -0.15) is 0 Å². The molecule has 8 heteroatoms. The molecule has 3 rings (SSSR count). The van der Waals surface area contributed by atoms with Crippen molar-refractivity contribution in [3.8, 4) is 11.5 Å². The van der Waals surface area contributed by atoms with E-state index in [0.717, 1.165) is 5.56 Å². The number of rotatable bonds is 8. The van der Waals surface area contributed by atoms with E-state index in [0.29, 0.717) is 34.1 Å². The van der Waals surface area contributed by atoms with Crippen LogP contribution in [0.5, 0.6) is 11.5 Å². The van der Waals surface area contributed by atoms with Gasteiger partial charge in [-0.25, -0.2) is 4.98 Å². The molecule has 0 radical (unpaired) electrons. The zero-order valence-electron chi connectivity index (χ0n) is 17.7. The molecule has 164 valence electrons. The van der Waals surface area contributed by atoms with Gasteiger partial charge in [0.15, 0.2) is 17.3 Å². The van der Waals surface area contributed by atoms with E-state index in [-0.39, 0.29) is 11.7 Å². The highest BCUT2D eigenvalue weighted by atomic mass is 16.5. The molecule has 2 aromatic carbocycles. The topological polar surface area (TPSA) is 130 Å². The molecule has 0 aliphatic heterocycles. The van der Waals surface area contributed by atoms with Gasteiger partial charge in [0, 0.05) is 23.5 Å². The van der Waals surface area contributed by atoms with Gasteiger partial charge in [0.1, 0.15) is 5.82 Å². The van der Waals surface area contributed by atoms with Crippen molar-refractivity contribution in [2.75, 3.05) is 25.3 Å². The van der Waals surface area contributed by atoms with Crippen LogP contribution in [0.3, 0.4) is 0 Å². The lowest BCUT2D eigenvalue weighted by atomic mass is 10.0. The molecular formula is C24H24N4O4. The van der Waals surface area contributed by atoms with Crippen LogP contribution in [0.4, 0.5) is 11.5 Å². The summed E-state index contributed by atoms with van der Waals surface area (Å²) in [5.41, 5.74) is 14.0. The first-order valence-corrected chi connectivity index (χ1v) is 9.73. The Morgan fingerprint density at radius 2 is 1.72 bits per heavy atom. The highest BCUT2D eigenvalue weighted by Gasteiger charge is 2.14. The van der Waals surface area contributed by atoms with E-state index in [2.05, 4.69) is 10.3 Å². The summed E-state index contributed by atoms with van der Waals surface area (Å²) in [6, 6.07) is 14.2. The predicted molar refractivity (Wildman–Crippen MR) is 124 cm³/mol. The quantitative estimate of drug-likeness (QED) is 0.466. The minimum absolute atomic E-state index is 0.274. The molecular weight excluding hydrogens is 408 g/mol. The number of hydrogen-bond donors (Lipinski definition) is 3. The monoisotopic (exact) mass is 432 g/mol. The molecule has 0 spiro atoms. The van der Waals surface area contributed by atoms with Gasteiger partial charge in [-0.1, -0.05) is 24.3 Å². The smallest absolute Gasteiger partial charge is 0.255 e. The highest BCUT2D eigenvalue weighted by Crippen LogP contribution is 2.28. The molecule has 0 fully saturated rings. The van der Waals surface area contributed by atoms with Crippen molar-refractivity contribution >= 4 is 29.3 Å². The van der Waals surface area contributed by atoms with Crippen molar-refractivity contribution in [2.45, 2.75) is 6.04 Å². The van der Waals surface area contributed by atoms with Gasteiger partial charge in [-0.15, -0.1) is 0 Å². The van der Waals surface area contributed by atoms with Crippen molar-refractivity contribution in [3.05, 3.63) is 83.6 Å². The normalized spacial score (nSPS) is 11.7. The first kappa shape index (κ1) is 22.5. The number of carbonyl (C=O) groups excluding carboxylic acids is 2. The van der Waals surface area contributed by atoms with E-state index in [9.17, 15) is 9.59 Å². The summed E-state index contributed by atoms with van der Waals surface area (Å²) in [6.07, 6.45) is 4.58. The van der Waals surface area contributed by atoms with E-state index >= 15 is 0 Å². The van der Waals surface area contributed by atoms with Gasteiger partial charge in [-0.3, -0.25) is 9.59 Å². The number of pyridine rings is 1. The number of benzene rings is 2. The van der Waals surface area contributed by atoms with E-state index in [1.807, 2.05) is 0 Å². The van der Waals surface area contributed by atoms with Crippen molar-refractivity contribution < 1.29 is 19.1 Å². The maximum Gasteiger partial charge on any atom is 0.255 e. The minimum atomic E-state index is -0.858. The molecule has 0 bridgehead atoms. The molecule has 1 atom stereocenters. The molecule has 32 heavy (non-hydrogen) atoms. The lowest BCUT2D eigenvalue weighted by Crippen LogP contribution is -2.20. The van der Waals surface area contributed by atoms with Crippen LogP contribution < -0.4 is 26.3 Å². The third-order valence-corrected chi connectivity index (χ3v) is 4.73. The fourth-order valence-electron chi connectivity index (χ4n) is 2.97. The molecule has 0 aliphatic carbocycles. The Hall–Kier alpha value is -4.17. The number of anilines is 2. The van der Waals surface area contributed by atoms with Gasteiger partial charge < -0.3 is 26.3 Å². The minimum Gasteiger partial charge on any atom is -0.493 e. The van der Waals surface area contributed by atoms with Crippen LogP contribution in [0, 0.1) is 0 Å². The number of aromatic nitrogens is 1. The Bertz CT molecular complexity index is 1140. The van der Waals surface area contributed by atoms with Crippen molar-refractivity contribution in [1.82, 2.24) is 4.98 Å². The third kappa shape index (κ3) is 5.50. The Morgan fingerprint density at radius 1 is 1.00 bits per heavy atom. The van der Waals surface area contributed by atoms with Gasteiger partial charge in [0.25, 0.3) is 5.91 Å². The van der Waals surface area contributed by atoms with E-state index in [4.69, 9.17) is 20.9 Å². The van der Waals surface area contributed by atoms with Gasteiger partial charge >= 0.3 is 0 Å². The maximum atomic E-state index is 12.5. The fourth-order valence-corrected chi connectivity index (χ4v) is 2.97. The maximum absolute atomic E-state index is 12.5. The molecule has 5 N–H and O–H groups in total. The van der Waals surface area contributed by atoms with Crippen LogP contribution in [-0.4, -0.2) is 30.9 Å². The Balaban J connectivity index is 1.65. The highest BCUT2D eigenvalue weighted by molar-refractivity contribution is 6.04. The summed E-state index contributed by atoms with van der Waals surface area (Å²) in [7, 11) is 3.10. The van der Waals surface area contributed by atoms with Gasteiger partial charge in [-0.05, 0) is 47.5 Å². The summed E-state index contributed by atoms with van der Waals surface area (Å²) in [6.45, 7) is 0. The number of ketones is 1. The lowest BCUT2D eigenvalue weighted by Gasteiger charge is -2.10. The second-order valence-electron chi connectivity index (χ2n) is 6.87. The average Bonchev–Trinajstić information content (AvgIpc) is 2.81. The molecule has 0 saturated heterocycles. The van der Waals surface area contributed by atoms with E-state index in [1.165, 1.54) is 12.3 Å². The number of nitrogens with two attached hydrogens (primary N) is 2. The molecule has 1 unspecified atom stereocenters. The Labute approximate surface area is 185 Å². The summed E-state index contributed by atoms with van der Waals surface area (Å²) in [5, 5.41) is 2.74. The molecule has 1 aromatic heterocycles. The second kappa shape index (κ2) is 10.2. The number of ether oxygens (including phenoxy) is 2. The van der Waals surface area contributed by atoms with Gasteiger partial charge in [0.2, 0.25) is 0 Å². The van der Waals surface area contributed by atoms with Crippen LogP contribution in [0.1, 0.15) is 27.5 Å². The van der Waals surface area contributed by atoms with Crippen LogP contribution in [0.15, 0.2) is 66.9 Å². The molecule has 3 aromatic rings. The number of hydrogen-bond acceptors (Lipinski definition) is 7. The fraction of sp³-hybridized carbons (Fsp3) is 0.125. The average molecular weight is 432 g/mol. The number of nitrogen functional groups attached to an aromatic ring is 1. The zero-order valence-corrected chi connectivity index (χ0v) is 17.7. The zero-order chi connectivity index (χ0) is 23.1. The van der Waals surface area contributed by atoms with Gasteiger partial charge in [0.05, 0.1) is 20.3 Å². The van der Waals surface area contributed by atoms with Crippen LogP contribution in [-0.2, 0) is 4.79 Å². The molecule has 1 amide bonds. The molecule has 8 nitrogen and oxygen atoms in total. The second-order valence-corrected chi connectivity index (χ2v) is 6.87. The number of carbonyl (C=O) groups is 2. The summed E-state index contributed by atoms with van der Waals surface area (Å²) in [4.78, 5) is 28.8. The Kier molecular flexibility index (Phi) is 7.20. The van der Waals surface area contributed by atoms with Crippen LogP contribution in [0.25, 0.3) is 6.08 Å². The summed E-state index contributed by atoms with van der Waals surface area (Å²) >= 11 is 0. The third-order valence-electron chi connectivity index (χ3n) is 4.73. The lowest BCUT2D eigenvalue weighted by molar-refractivity contribution is -0.115. The number of nitrogens with one attached hydrogen (secondary N) is 1. The van der Waals surface area contributed by atoms with E-state index < -0.39 is 6.04 Å². The van der Waals surface area contributed by atoms with Crippen molar-refractivity contribution in [2.24, 2.45) is 5.73 Å². The van der Waals surface area contributed by atoms with Crippen molar-refractivity contribution in [3.63, 3.8) is 0 Å². The number of amides is 1. The SMILES string of the molecule is COc1ccc(C=CC(=O)C(N)c2ccc(C(=O)Nc3ccnc(N)c3)cc2)cc1OC. The number of methoxy groups -OCH3 is 2. The first-order valence-electron chi connectivity index (χ1n) is 9.73.